The number of hydrogen-bond acceptors (Lipinski definition) is 4. The van der Waals surface area contributed by atoms with E-state index >= 15 is 0 Å². The lowest BCUT2D eigenvalue weighted by molar-refractivity contribution is 0.0695. The molecule has 3 rings (SSSR count). The van der Waals surface area contributed by atoms with Crippen LogP contribution in [0.3, 0.4) is 0 Å². The van der Waals surface area contributed by atoms with Gasteiger partial charge in [-0.05, 0) is 35.9 Å². The van der Waals surface area contributed by atoms with Gasteiger partial charge in [-0.1, -0.05) is 17.7 Å². The van der Waals surface area contributed by atoms with Crippen LogP contribution in [0, 0.1) is 0 Å². The first-order valence-electron chi connectivity index (χ1n) is 7.06. The van der Waals surface area contributed by atoms with Gasteiger partial charge in [-0.15, -0.1) is 0 Å². The number of carbonyl (C=O) groups excluding carboxylic acids is 2. The van der Waals surface area contributed by atoms with E-state index in [1.54, 1.807) is 40.7 Å². The van der Waals surface area contributed by atoms with Crippen LogP contribution in [0.5, 0.6) is 0 Å². The molecule has 0 unspecified atom stereocenters. The van der Waals surface area contributed by atoms with E-state index in [0.29, 0.717) is 30.1 Å². The Morgan fingerprint density at radius 2 is 1.91 bits per heavy atom. The highest BCUT2D eigenvalue weighted by molar-refractivity contribution is 6.30. The van der Waals surface area contributed by atoms with Gasteiger partial charge in [0.05, 0.1) is 0 Å². The minimum absolute atomic E-state index is 0.0653. The number of hydroxylamine groups is 1. The number of pyridine rings is 1. The zero-order valence-electron chi connectivity index (χ0n) is 12.1. The molecule has 2 N–H and O–H groups in total. The number of amides is 2. The average Bonchev–Trinajstić information content (AvgIpc) is 2.60. The molecule has 1 aliphatic heterocycles. The minimum atomic E-state index is -0.646. The predicted molar refractivity (Wildman–Crippen MR) is 83.4 cm³/mol. The number of halogens is 1. The van der Waals surface area contributed by atoms with Crippen LogP contribution >= 0.6 is 11.6 Å². The lowest BCUT2D eigenvalue weighted by atomic mass is 10.0. The topological polar surface area (TPSA) is 82.5 Å². The van der Waals surface area contributed by atoms with Gasteiger partial charge in [-0.25, -0.2) is 10.5 Å². The van der Waals surface area contributed by atoms with Crippen LogP contribution in [0.15, 0.2) is 36.4 Å². The van der Waals surface area contributed by atoms with E-state index in [1.165, 1.54) is 6.07 Å². The molecule has 118 valence electrons. The molecule has 2 heterocycles. The smallest absolute Gasteiger partial charge is 0.293 e. The summed E-state index contributed by atoms with van der Waals surface area (Å²) in [6.07, 6.45) is 0.557. The largest absolute Gasteiger partial charge is 0.334 e. The maximum atomic E-state index is 12.5. The van der Waals surface area contributed by atoms with E-state index in [1.807, 2.05) is 0 Å². The van der Waals surface area contributed by atoms with Crippen molar-refractivity contribution in [3.05, 3.63) is 63.9 Å². The van der Waals surface area contributed by atoms with Crippen molar-refractivity contribution in [1.29, 1.82) is 0 Å². The third-order valence-corrected chi connectivity index (χ3v) is 4.01. The molecule has 0 radical (unpaired) electrons. The molecule has 0 spiro atoms. The van der Waals surface area contributed by atoms with Crippen molar-refractivity contribution in [2.75, 3.05) is 6.54 Å². The highest BCUT2D eigenvalue weighted by atomic mass is 35.5. The summed E-state index contributed by atoms with van der Waals surface area (Å²) in [6, 6.07) is 10.1. The summed E-state index contributed by atoms with van der Waals surface area (Å²) >= 11 is 5.84. The van der Waals surface area contributed by atoms with E-state index in [2.05, 4.69) is 4.98 Å². The van der Waals surface area contributed by atoms with Gasteiger partial charge in [0.2, 0.25) is 0 Å². The molecule has 0 bridgehead atoms. The van der Waals surface area contributed by atoms with E-state index in [4.69, 9.17) is 16.8 Å². The lowest BCUT2D eigenvalue weighted by Crippen LogP contribution is -2.36. The first-order valence-corrected chi connectivity index (χ1v) is 7.44. The second kappa shape index (κ2) is 6.36. The summed E-state index contributed by atoms with van der Waals surface area (Å²) in [5.74, 6) is -0.711. The van der Waals surface area contributed by atoms with Crippen molar-refractivity contribution in [3.63, 3.8) is 0 Å². The molecule has 1 aromatic carbocycles. The molecule has 0 saturated heterocycles. The molecule has 2 aromatic rings. The zero-order chi connectivity index (χ0) is 16.4. The summed E-state index contributed by atoms with van der Waals surface area (Å²) < 4.78 is 0. The maximum absolute atomic E-state index is 12.5. The van der Waals surface area contributed by atoms with Crippen molar-refractivity contribution in [2.45, 2.75) is 13.0 Å². The number of nitrogens with one attached hydrogen (secondary N) is 1. The summed E-state index contributed by atoms with van der Waals surface area (Å²) in [6.45, 7) is 0.955. The van der Waals surface area contributed by atoms with E-state index in [0.717, 1.165) is 11.3 Å². The normalized spacial score (nSPS) is 13.4. The number of fused-ring (bicyclic) bond motifs is 1. The number of hydrogen-bond donors (Lipinski definition) is 2. The van der Waals surface area contributed by atoms with Gasteiger partial charge in [0.25, 0.3) is 11.8 Å². The van der Waals surface area contributed by atoms with Crippen LogP contribution in [0.4, 0.5) is 0 Å². The fourth-order valence-corrected chi connectivity index (χ4v) is 2.67. The molecule has 0 aliphatic carbocycles. The van der Waals surface area contributed by atoms with Crippen LogP contribution in [0.1, 0.15) is 32.1 Å². The van der Waals surface area contributed by atoms with Crippen molar-refractivity contribution >= 4 is 23.4 Å². The van der Waals surface area contributed by atoms with Gasteiger partial charge in [0, 0.05) is 35.8 Å². The Bertz CT molecular complexity index is 762. The molecule has 1 aliphatic rings. The Balaban J connectivity index is 1.79. The summed E-state index contributed by atoms with van der Waals surface area (Å²) in [5, 5.41) is 9.24. The second-order valence-electron chi connectivity index (χ2n) is 5.23. The van der Waals surface area contributed by atoms with Gasteiger partial charge in [-0.3, -0.25) is 14.8 Å². The number of rotatable bonds is 2. The third-order valence-electron chi connectivity index (χ3n) is 3.76. The molecule has 6 nitrogen and oxygen atoms in total. The highest BCUT2D eigenvalue weighted by Crippen LogP contribution is 2.20. The molecule has 0 saturated carbocycles. The van der Waals surface area contributed by atoms with Crippen molar-refractivity contribution in [2.24, 2.45) is 0 Å². The Hall–Kier alpha value is -2.44. The van der Waals surface area contributed by atoms with Gasteiger partial charge in [-0.2, -0.15) is 0 Å². The minimum Gasteiger partial charge on any atom is -0.334 e. The lowest BCUT2D eigenvalue weighted by Gasteiger charge is -2.28. The number of carbonyl (C=O) groups is 2. The number of nitrogens with zero attached hydrogens (tertiary/aromatic N) is 2. The number of benzene rings is 1. The molecular weight excluding hydrogens is 318 g/mol. The SMILES string of the molecule is O=C(NO)c1ccc2c(n1)CCN(C(=O)c1ccc(Cl)cc1)C2. The fraction of sp³-hybridized carbons (Fsp3) is 0.188. The average molecular weight is 332 g/mol. The second-order valence-corrected chi connectivity index (χ2v) is 5.66. The van der Waals surface area contributed by atoms with Crippen LogP contribution < -0.4 is 5.48 Å². The van der Waals surface area contributed by atoms with Crippen LogP contribution in [-0.4, -0.2) is 33.5 Å². The molecule has 1 aromatic heterocycles. The van der Waals surface area contributed by atoms with E-state index < -0.39 is 5.91 Å². The molecule has 0 fully saturated rings. The Kier molecular flexibility index (Phi) is 4.27. The molecule has 7 heteroatoms. The van der Waals surface area contributed by atoms with Crippen LogP contribution in [0.2, 0.25) is 5.02 Å². The number of aromatic nitrogens is 1. The summed E-state index contributed by atoms with van der Waals surface area (Å²) in [7, 11) is 0. The van der Waals surface area contributed by atoms with Crippen molar-refractivity contribution in [3.8, 4) is 0 Å². The molecular formula is C16H14ClN3O3. The van der Waals surface area contributed by atoms with Crippen molar-refractivity contribution < 1.29 is 14.8 Å². The summed E-state index contributed by atoms with van der Waals surface area (Å²) in [5.41, 5.74) is 3.97. The monoisotopic (exact) mass is 331 g/mol. The van der Waals surface area contributed by atoms with Crippen molar-refractivity contribution in [1.82, 2.24) is 15.4 Å². The first kappa shape index (κ1) is 15.5. The van der Waals surface area contributed by atoms with Gasteiger partial charge in [0.1, 0.15) is 5.69 Å². The predicted octanol–water partition coefficient (Wildman–Crippen LogP) is 2.05. The van der Waals surface area contributed by atoms with Crippen LogP contribution in [-0.2, 0) is 13.0 Å². The highest BCUT2D eigenvalue weighted by Gasteiger charge is 2.23. The van der Waals surface area contributed by atoms with E-state index in [9.17, 15) is 9.59 Å². The quantitative estimate of drug-likeness (QED) is 0.652. The third kappa shape index (κ3) is 3.18. The molecule has 0 atom stereocenters. The Morgan fingerprint density at radius 3 is 2.61 bits per heavy atom. The van der Waals surface area contributed by atoms with Gasteiger partial charge >= 0.3 is 0 Å². The van der Waals surface area contributed by atoms with E-state index in [-0.39, 0.29) is 11.6 Å². The molecule has 23 heavy (non-hydrogen) atoms. The van der Waals surface area contributed by atoms with Gasteiger partial charge in [0.15, 0.2) is 0 Å². The van der Waals surface area contributed by atoms with Crippen LogP contribution in [0.25, 0.3) is 0 Å². The maximum Gasteiger partial charge on any atom is 0.293 e. The standard InChI is InChI=1S/C16H14ClN3O3/c17-12-4-1-10(2-5-12)16(22)20-8-7-13-11(9-20)3-6-14(18-13)15(21)19-23/h1-6,23H,7-9H2,(H,19,21). The Labute approximate surface area is 137 Å². The fourth-order valence-electron chi connectivity index (χ4n) is 2.55. The molecule has 2 amide bonds. The zero-order valence-corrected chi connectivity index (χ0v) is 12.9. The summed E-state index contributed by atoms with van der Waals surface area (Å²) in [4.78, 5) is 29.9. The Morgan fingerprint density at radius 1 is 1.17 bits per heavy atom. The first-order chi connectivity index (χ1) is 11.1. The van der Waals surface area contributed by atoms with Gasteiger partial charge < -0.3 is 4.90 Å².